The lowest BCUT2D eigenvalue weighted by atomic mass is 10.1. The molecule has 0 bridgehead atoms. The van der Waals surface area contributed by atoms with Crippen molar-refractivity contribution in [3.8, 4) is 5.75 Å². The second kappa shape index (κ2) is 6.54. The third-order valence-corrected chi connectivity index (χ3v) is 5.65. The number of rotatable bonds is 4. The van der Waals surface area contributed by atoms with Gasteiger partial charge in [-0.25, -0.2) is 9.79 Å². The van der Waals surface area contributed by atoms with E-state index < -0.39 is 12.2 Å². The molecule has 0 aromatic heterocycles. The molecular weight excluding hydrogens is 358 g/mol. The first-order chi connectivity index (χ1) is 13.4. The van der Waals surface area contributed by atoms with Crippen molar-refractivity contribution in [3.05, 3.63) is 35.7 Å². The topological polar surface area (TPSA) is 68.7 Å². The Balaban J connectivity index is 1.77. The number of likely N-dealkylation sites (N-methyl/N-ethyl adjacent to an activating group) is 1. The number of benzene rings is 1. The van der Waals surface area contributed by atoms with Gasteiger partial charge >= 0.3 is 6.03 Å². The maximum absolute atomic E-state index is 13.2. The van der Waals surface area contributed by atoms with E-state index in [9.17, 15) is 9.59 Å². The molecule has 0 N–H and O–H groups in total. The molecular formula is C20H25N5O3. The van der Waals surface area contributed by atoms with Crippen LogP contribution in [0.5, 0.6) is 5.75 Å². The largest absolute Gasteiger partial charge is 0.497 e. The standard InChI is InChI=1S/C20H25N5O3/c1-6-10-23-18(26)16-17(22(4)20(23)27)21-19-24(12(2)13(3)25(16)19)14-8-7-9-15(11-14)28-5/h7-9,11,16-17H,6,10H2,1-5H3. The van der Waals surface area contributed by atoms with Crippen molar-refractivity contribution in [2.24, 2.45) is 4.99 Å². The van der Waals surface area contributed by atoms with E-state index in [1.165, 1.54) is 4.90 Å². The summed E-state index contributed by atoms with van der Waals surface area (Å²) in [4.78, 5) is 37.6. The van der Waals surface area contributed by atoms with E-state index in [2.05, 4.69) is 0 Å². The molecule has 8 nitrogen and oxygen atoms in total. The molecule has 3 aliphatic rings. The van der Waals surface area contributed by atoms with Gasteiger partial charge in [-0.15, -0.1) is 0 Å². The van der Waals surface area contributed by atoms with Crippen LogP contribution in [0.25, 0.3) is 0 Å². The monoisotopic (exact) mass is 383 g/mol. The molecule has 2 unspecified atom stereocenters. The smallest absolute Gasteiger partial charge is 0.328 e. The Morgan fingerprint density at radius 1 is 1.18 bits per heavy atom. The van der Waals surface area contributed by atoms with Crippen molar-refractivity contribution in [3.63, 3.8) is 0 Å². The van der Waals surface area contributed by atoms with E-state index in [4.69, 9.17) is 9.73 Å². The van der Waals surface area contributed by atoms with Gasteiger partial charge in [-0.2, -0.15) is 0 Å². The summed E-state index contributed by atoms with van der Waals surface area (Å²) in [5, 5.41) is 0. The highest BCUT2D eigenvalue weighted by Crippen LogP contribution is 2.40. The number of imide groups is 1. The molecule has 28 heavy (non-hydrogen) atoms. The highest BCUT2D eigenvalue weighted by Gasteiger charge is 2.55. The third-order valence-electron chi connectivity index (χ3n) is 5.65. The highest BCUT2D eigenvalue weighted by molar-refractivity contribution is 6.10. The van der Waals surface area contributed by atoms with Gasteiger partial charge in [-0.1, -0.05) is 13.0 Å². The summed E-state index contributed by atoms with van der Waals surface area (Å²) in [5.41, 5.74) is 2.87. The summed E-state index contributed by atoms with van der Waals surface area (Å²) >= 11 is 0. The van der Waals surface area contributed by atoms with Crippen molar-refractivity contribution in [1.82, 2.24) is 14.7 Å². The predicted molar refractivity (Wildman–Crippen MR) is 106 cm³/mol. The average Bonchev–Trinajstić information content (AvgIpc) is 3.19. The number of allylic oxidation sites excluding steroid dienone is 2. The summed E-state index contributed by atoms with van der Waals surface area (Å²) in [5.74, 6) is 1.23. The van der Waals surface area contributed by atoms with Crippen LogP contribution in [-0.2, 0) is 4.79 Å². The van der Waals surface area contributed by atoms with Gasteiger partial charge in [0.15, 0.2) is 12.2 Å². The minimum absolute atomic E-state index is 0.187. The Bertz CT molecular complexity index is 909. The zero-order valence-corrected chi connectivity index (χ0v) is 16.8. The maximum Gasteiger partial charge on any atom is 0.328 e. The number of ether oxygens (including phenoxy) is 1. The summed E-state index contributed by atoms with van der Waals surface area (Å²) in [6.45, 7) is 6.37. The van der Waals surface area contributed by atoms with Crippen molar-refractivity contribution in [1.29, 1.82) is 0 Å². The number of aliphatic imine (C=N–C) groups is 1. The molecule has 8 heteroatoms. The van der Waals surface area contributed by atoms with Crippen LogP contribution >= 0.6 is 0 Å². The maximum atomic E-state index is 13.2. The Kier molecular flexibility index (Phi) is 4.28. The van der Waals surface area contributed by atoms with E-state index in [-0.39, 0.29) is 11.9 Å². The first-order valence-corrected chi connectivity index (χ1v) is 9.47. The molecule has 1 aromatic carbocycles. The summed E-state index contributed by atoms with van der Waals surface area (Å²) < 4.78 is 5.36. The normalized spacial score (nSPS) is 24.1. The van der Waals surface area contributed by atoms with Crippen molar-refractivity contribution < 1.29 is 14.3 Å². The second-order valence-electron chi connectivity index (χ2n) is 7.25. The number of hydrogen-bond acceptors (Lipinski definition) is 6. The van der Waals surface area contributed by atoms with E-state index >= 15 is 0 Å². The Morgan fingerprint density at radius 3 is 2.61 bits per heavy atom. The Hall–Kier alpha value is -3.03. The lowest BCUT2D eigenvalue weighted by Crippen LogP contribution is -2.64. The first-order valence-electron chi connectivity index (χ1n) is 9.47. The van der Waals surface area contributed by atoms with E-state index in [1.807, 2.05) is 54.8 Å². The van der Waals surface area contributed by atoms with Crippen LogP contribution in [0.15, 0.2) is 40.7 Å². The number of anilines is 1. The molecule has 0 radical (unpaired) electrons. The summed E-state index contributed by atoms with van der Waals surface area (Å²) in [6.07, 6.45) is 0.194. The van der Waals surface area contributed by atoms with E-state index in [0.717, 1.165) is 29.3 Å². The van der Waals surface area contributed by atoms with Gasteiger partial charge in [0.25, 0.3) is 5.91 Å². The average molecular weight is 383 g/mol. The predicted octanol–water partition coefficient (Wildman–Crippen LogP) is 2.44. The minimum Gasteiger partial charge on any atom is -0.497 e. The zero-order chi connectivity index (χ0) is 20.2. The molecule has 148 valence electrons. The van der Waals surface area contributed by atoms with Crippen LogP contribution < -0.4 is 9.64 Å². The SMILES string of the molecule is CCCN1C(=O)C2C(N=C3N(c4cccc(OC)c4)C(C)=C(C)N32)N(C)C1=O. The lowest BCUT2D eigenvalue weighted by molar-refractivity contribution is -0.136. The van der Waals surface area contributed by atoms with Crippen LogP contribution in [0.2, 0.25) is 0 Å². The van der Waals surface area contributed by atoms with Gasteiger partial charge in [-0.3, -0.25) is 19.5 Å². The van der Waals surface area contributed by atoms with Gasteiger partial charge in [0.1, 0.15) is 5.75 Å². The van der Waals surface area contributed by atoms with Gasteiger partial charge in [0.2, 0.25) is 5.96 Å². The molecule has 0 spiro atoms. The highest BCUT2D eigenvalue weighted by atomic mass is 16.5. The molecule has 1 fully saturated rings. The number of carbonyl (C=O) groups is 2. The zero-order valence-electron chi connectivity index (χ0n) is 16.8. The molecule has 3 heterocycles. The molecule has 3 amide bonds. The van der Waals surface area contributed by atoms with Crippen molar-refractivity contribution in [2.45, 2.75) is 39.4 Å². The number of hydrogen-bond donors (Lipinski definition) is 0. The van der Waals surface area contributed by atoms with Gasteiger partial charge in [0.05, 0.1) is 12.8 Å². The Morgan fingerprint density at radius 2 is 1.93 bits per heavy atom. The van der Waals surface area contributed by atoms with Gasteiger partial charge in [-0.05, 0) is 32.4 Å². The van der Waals surface area contributed by atoms with Gasteiger partial charge < -0.3 is 9.64 Å². The molecule has 3 aliphatic heterocycles. The van der Waals surface area contributed by atoms with Crippen LogP contribution in [0.3, 0.4) is 0 Å². The van der Waals surface area contributed by atoms with Crippen LogP contribution in [0, 0.1) is 0 Å². The summed E-state index contributed by atoms with van der Waals surface area (Å²) in [6, 6.07) is 6.90. The van der Waals surface area contributed by atoms with E-state index in [0.29, 0.717) is 12.5 Å². The van der Waals surface area contributed by atoms with Crippen LogP contribution in [0.1, 0.15) is 27.2 Å². The van der Waals surface area contributed by atoms with Gasteiger partial charge in [0, 0.05) is 31.1 Å². The number of nitrogens with zero attached hydrogens (tertiary/aromatic N) is 5. The fourth-order valence-electron chi connectivity index (χ4n) is 4.10. The van der Waals surface area contributed by atoms with Crippen molar-refractivity contribution in [2.75, 3.05) is 25.6 Å². The number of urea groups is 1. The first kappa shape index (κ1) is 18.3. The van der Waals surface area contributed by atoms with E-state index in [1.54, 1.807) is 19.1 Å². The number of amides is 3. The molecule has 4 rings (SSSR count). The number of guanidine groups is 1. The molecule has 2 atom stereocenters. The van der Waals surface area contributed by atoms with Crippen LogP contribution in [0.4, 0.5) is 10.5 Å². The number of carbonyl (C=O) groups excluding carboxylic acids is 2. The summed E-state index contributed by atoms with van der Waals surface area (Å²) in [7, 11) is 3.34. The molecule has 1 aromatic rings. The fourth-order valence-corrected chi connectivity index (χ4v) is 4.10. The Labute approximate surface area is 164 Å². The lowest BCUT2D eigenvalue weighted by Gasteiger charge is -2.40. The molecule has 0 saturated carbocycles. The van der Waals surface area contributed by atoms with Crippen LogP contribution in [-0.4, -0.2) is 65.5 Å². The number of fused-ring (bicyclic) bond motifs is 3. The minimum atomic E-state index is -0.533. The quantitative estimate of drug-likeness (QED) is 0.799. The molecule has 1 saturated heterocycles. The second-order valence-corrected chi connectivity index (χ2v) is 7.25. The fraction of sp³-hybridized carbons (Fsp3) is 0.450. The number of methoxy groups -OCH3 is 1. The van der Waals surface area contributed by atoms with Crippen molar-refractivity contribution >= 4 is 23.6 Å². The third kappa shape index (κ3) is 2.40. The molecule has 0 aliphatic carbocycles.